The minimum atomic E-state index is -0.458. The Morgan fingerprint density at radius 2 is 2.00 bits per heavy atom. The van der Waals surface area contributed by atoms with Gasteiger partial charge in [-0.2, -0.15) is 0 Å². The van der Waals surface area contributed by atoms with E-state index in [-0.39, 0.29) is 5.56 Å². The summed E-state index contributed by atoms with van der Waals surface area (Å²) in [5.41, 5.74) is 6.46. The molecule has 1 heterocycles. The molecule has 3 N–H and O–H groups in total. The highest BCUT2D eigenvalue weighted by molar-refractivity contribution is 5.92. The van der Waals surface area contributed by atoms with Gasteiger partial charge in [0.1, 0.15) is 0 Å². The van der Waals surface area contributed by atoms with E-state index in [2.05, 4.69) is 24.1 Å². The number of carbonyl (C=O) groups is 1. The van der Waals surface area contributed by atoms with Crippen LogP contribution in [0.1, 0.15) is 29.8 Å². The van der Waals surface area contributed by atoms with Crippen molar-refractivity contribution in [2.75, 3.05) is 5.32 Å². The predicted octanol–water partition coefficient (Wildman–Crippen LogP) is 1.61. The van der Waals surface area contributed by atoms with Gasteiger partial charge < -0.3 is 15.6 Å². The fourth-order valence-corrected chi connectivity index (χ4v) is 2.08. The molecule has 0 saturated carbocycles. The average molecular weight is 300 g/mol. The van der Waals surface area contributed by atoms with Gasteiger partial charge in [-0.3, -0.25) is 9.59 Å². The zero-order valence-electron chi connectivity index (χ0n) is 12.7. The number of anilines is 1. The molecule has 1 aromatic heterocycles. The van der Waals surface area contributed by atoms with E-state index in [1.54, 1.807) is 41.2 Å². The molecular weight excluding hydrogens is 280 g/mol. The number of carbonyl (C=O) groups excluding carboxylic acids is 1. The number of rotatable bonds is 6. The third kappa shape index (κ3) is 3.94. The molecule has 0 bridgehead atoms. The van der Waals surface area contributed by atoms with Crippen molar-refractivity contribution in [3.8, 4) is 0 Å². The van der Waals surface area contributed by atoms with Crippen LogP contribution in [0.15, 0.2) is 41.5 Å². The van der Waals surface area contributed by atoms with Gasteiger partial charge in [-0.1, -0.05) is 26.0 Å². The molecule has 1 aromatic carbocycles. The minimum Gasteiger partial charge on any atom is -0.366 e. The average Bonchev–Trinajstić information content (AvgIpc) is 2.48. The van der Waals surface area contributed by atoms with Crippen molar-refractivity contribution in [2.45, 2.75) is 26.9 Å². The SMILES string of the molecule is CC(C)Cn1ccnc(NCc2ccc(C(N)=O)cc2)c1=O. The smallest absolute Gasteiger partial charge is 0.293 e. The van der Waals surface area contributed by atoms with E-state index < -0.39 is 5.91 Å². The van der Waals surface area contributed by atoms with Gasteiger partial charge in [0.15, 0.2) is 5.82 Å². The number of hydrogen-bond acceptors (Lipinski definition) is 4. The number of hydrogen-bond donors (Lipinski definition) is 2. The maximum atomic E-state index is 12.2. The fourth-order valence-electron chi connectivity index (χ4n) is 2.08. The van der Waals surface area contributed by atoms with E-state index >= 15 is 0 Å². The number of primary amides is 1. The molecule has 22 heavy (non-hydrogen) atoms. The van der Waals surface area contributed by atoms with Gasteiger partial charge in [0.25, 0.3) is 5.56 Å². The summed E-state index contributed by atoms with van der Waals surface area (Å²) in [6.45, 7) is 5.22. The lowest BCUT2D eigenvalue weighted by molar-refractivity contribution is 0.100. The molecule has 6 heteroatoms. The summed E-state index contributed by atoms with van der Waals surface area (Å²) in [6.07, 6.45) is 3.30. The van der Waals surface area contributed by atoms with Crippen LogP contribution in [-0.4, -0.2) is 15.5 Å². The van der Waals surface area contributed by atoms with Crippen molar-refractivity contribution < 1.29 is 4.79 Å². The maximum absolute atomic E-state index is 12.2. The molecule has 2 aromatic rings. The van der Waals surface area contributed by atoms with Crippen molar-refractivity contribution in [3.63, 3.8) is 0 Å². The van der Waals surface area contributed by atoms with Crippen LogP contribution in [0.2, 0.25) is 0 Å². The van der Waals surface area contributed by atoms with Gasteiger partial charge in [0.2, 0.25) is 5.91 Å². The molecule has 0 aliphatic heterocycles. The third-order valence-corrected chi connectivity index (χ3v) is 3.17. The summed E-state index contributed by atoms with van der Waals surface area (Å²) in [5, 5.41) is 3.03. The Morgan fingerprint density at radius 1 is 1.32 bits per heavy atom. The molecule has 116 valence electrons. The first kappa shape index (κ1) is 15.8. The normalized spacial score (nSPS) is 10.7. The van der Waals surface area contributed by atoms with Gasteiger partial charge in [-0.05, 0) is 23.6 Å². The minimum absolute atomic E-state index is 0.134. The molecule has 0 atom stereocenters. The number of nitrogens with zero attached hydrogens (tertiary/aromatic N) is 2. The van der Waals surface area contributed by atoms with Crippen molar-refractivity contribution in [3.05, 3.63) is 58.1 Å². The largest absolute Gasteiger partial charge is 0.366 e. The standard InChI is InChI=1S/C16H20N4O2/c1-11(2)10-20-8-7-18-15(16(20)22)19-9-12-3-5-13(6-4-12)14(17)21/h3-8,11H,9-10H2,1-2H3,(H2,17,21)(H,18,19). The van der Waals surface area contributed by atoms with Crippen molar-refractivity contribution >= 4 is 11.7 Å². The molecule has 1 amide bonds. The lowest BCUT2D eigenvalue weighted by Crippen LogP contribution is -2.25. The molecule has 0 aliphatic carbocycles. The zero-order valence-corrected chi connectivity index (χ0v) is 12.7. The molecule has 0 saturated heterocycles. The van der Waals surface area contributed by atoms with Gasteiger partial charge in [-0.25, -0.2) is 4.98 Å². The number of aromatic nitrogens is 2. The summed E-state index contributed by atoms with van der Waals surface area (Å²) in [7, 11) is 0. The molecule has 0 radical (unpaired) electrons. The highest BCUT2D eigenvalue weighted by atomic mass is 16.1. The lowest BCUT2D eigenvalue weighted by atomic mass is 10.1. The van der Waals surface area contributed by atoms with Crippen molar-refractivity contribution in [2.24, 2.45) is 11.7 Å². The molecule has 0 aliphatic rings. The van der Waals surface area contributed by atoms with Crippen molar-refractivity contribution in [1.29, 1.82) is 0 Å². The molecule has 0 unspecified atom stereocenters. The van der Waals surface area contributed by atoms with Crippen LogP contribution >= 0.6 is 0 Å². The Labute approximate surface area is 129 Å². The first-order valence-corrected chi connectivity index (χ1v) is 7.15. The van der Waals surface area contributed by atoms with E-state index in [4.69, 9.17) is 5.73 Å². The second-order valence-electron chi connectivity index (χ2n) is 5.54. The first-order valence-electron chi connectivity index (χ1n) is 7.15. The van der Waals surface area contributed by atoms with E-state index in [1.807, 2.05) is 0 Å². The first-order chi connectivity index (χ1) is 10.5. The second kappa shape index (κ2) is 6.89. The zero-order chi connectivity index (χ0) is 16.1. The monoisotopic (exact) mass is 300 g/mol. The quantitative estimate of drug-likeness (QED) is 0.848. The van der Waals surface area contributed by atoms with Crippen LogP contribution in [0, 0.1) is 5.92 Å². The van der Waals surface area contributed by atoms with E-state index in [9.17, 15) is 9.59 Å². The highest BCUT2D eigenvalue weighted by Gasteiger charge is 2.06. The van der Waals surface area contributed by atoms with Crippen LogP contribution in [0.4, 0.5) is 5.82 Å². The van der Waals surface area contributed by atoms with Gasteiger partial charge >= 0.3 is 0 Å². The molecule has 0 fully saturated rings. The summed E-state index contributed by atoms with van der Waals surface area (Å²) in [6, 6.07) is 6.91. The van der Waals surface area contributed by atoms with E-state index in [1.165, 1.54) is 0 Å². The molecule has 2 rings (SSSR count). The topological polar surface area (TPSA) is 90.0 Å². The number of nitrogens with one attached hydrogen (secondary N) is 1. The van der Waals surface area contributed by atoms with Gasteiger partial charge in [-0.15, -0.1) is 0 Å². The fraction of sp³-hybridized carbons (Fsp3) is 0.312. The van der Waals surface area contributed by atoms with E-state index in [0.717, 1.165) is 5.56 Å². The van der Waals surface area contributed by atoms with Crippen LogP contribution in [0.25, 0.3) is 0 Å². The molecule has 0 spiro atoms. The van der Waals surface area contributed by atoms with Crippen LogP contribution in [-0.2, 0) is 13.1 Å². The number of nitrogens with two attached hydrogens (primary N) is 1. The van der Waals surface area contributed by atoms with E-state index in [0.29, 0.717) is 30.4 Å². The van der Waals surface area contributed by atoms with Gasteiger partial charge in [0.05, 0.1) is 0 Å². The summed E-state index contributed by atoms with van der Waals surface area (Å²) in [5.74, 6) is 0.247. The number of benzene rings is 1. The second-order valence-corrected chi connectivity index (χ2v) is 5.54. The van der Waals surface area contributed by atoms with Crippen LogP contribution in [0.5, 0.6) is 0 Å². The number of amides is 1. The Morgan fingerprint density at radius 3 is 2.59 bits per heavy atom. The highest BCUT2D eigenvalue weighted by Crippen LogP contribution is 2.06. The van der Waals surface area contributed by atoms with Crippen LogP contribution < -0.4 is 16.6 Å². The maximum Gasteiger partial charge on any atom is 0.293 e. The Kier molecular flexibility index (Phi) is 4.93. The van der Waals surface area contributed by atoms with Crippen LogP contribution in [0.3, 0.4) is 0 Å². The summed E-state index contributed by atoms with van der Waals surface area (Å²) in [4.78, 5) is 27.3. The summed E-state index contributed by atoms with van der Waals surface area (Å²) >= 11 is 0. The Bertz CT molecular complexity index is 705. The lowest BCUT2D eigenvalue weighted by Gasteiger charge is -2.11. The Hall–Kier alpha value is -2.63. The summed E-state index contributed by atoms with van der Waals surface area (Å²) < 4.78 is 1.65. The molecule has 6 nitrogen and oxygen atoms in total. The molecular formula is C16H20N4O2. The van der Waals surface area contributed by atoms with Crippen molar-refractivity contribution in [1.82, 2.24) is 9.55 Å². The predicted molar refractivity (Wildman–Crippen MR) is 85.6 cm³/mol. The Balaban J connectivity index is 2.08. The third-order valence-electron chi connectivity index (χ3n) is 3.17. The van der Waals surface area contributed by atoms with Gasteiger partial charge in [0, 0.05) is 31.0 Å².